The molecule has 1 heterocycles. The van der Waals surface area contributed by atoms with E-state index in [1.165, 1.54) is 0 Å². The largest absolute Gasteiger partial charge is 0.393 e. The Bertz CT molecular complexity index is 664. The second-order valence-corrected chi connectivity index (χ2v) is 7.75. The summed E-state index contributed by atoms with van der Waals surface area (Å²) >= 11 is 5.93. The standard InChI is InChI=1S/C20H29ClN4O2/c1-2-22-20(23-12-16-4-3-5-18(16)26)25-11-10-24(19(27)14-25)13-15-6-8-17(21)9-7-15/h6-9,16,18,26H,2-5,10-14H2,1H3,(H,22,23). The topological polar surface area (TPSA) is 68.2 Å². The van der Waals surface area contributed by atoms with E-state index in [1.807, 2.05) is 41.0 Å². The van der Waals surface area contributed by atoms with Gasteiger partial charge in [0.25, 0.3) is 0 Å². The lowest BCUT2D eigenvalue weighted by molar-refractivity contribution is -0.135. The molecule has 1 aliphatic heterocycles. The van der Waals surface area contributed by atoms with Crippen LogP contribution >= 0.6 is 11.6 Å². The van der Waals surface area contributed by atoms with Gasteiger partial charge in [-0.05, 0) is 37.5 Å². The lowest BCUT2D eigenvalue weighted by Gasteiger charge is -2.36. The summed E-state index contributed by atoms with van der Waals surface area (Å²) in [7, 11) is 0. The molecule has 3 rings (SSSR count). The molecule has 1 aliphatic carbocycles. The van der Waals surface area contributed by atoms with Crippen LogP contribution in [0.3, 0.4) is 0 Å². The first-order valence-corrected chi connectivity index (χ1v) is 10.2. The Balaban J connectivity index is 1.58. The van der Waals surface area contributed by atoms with Gasteiger partial charge in [-0.1, -0.05) is 30.2 Å². The fourth-order valence-electron chi connectivity index (χ4n) is 3.73. The minimum absolute atomic E-state index is 0.0997. The molecule has 1 saturated heterocycles. The maximum Gasteiger partial charge on any atom is 0.242 e. The van der Waals surface area contributed by atoms with E-state index < -0.39 is 0 Å². The summed E-state index contributed by atoms with van der Waals surface area (Å²) in [5.74, 6) is 1.11. The van der Waals surface area contributed by atoms with Gasteiger partial charge in [-0.25, -0.2) is 0 Å². The number of rotatable bonds is 5. The molecule has 2 fully saturated rings. The number of nitrogens with one attached hydrogen (secondary N) is 1. The van der Waals surface area contributed by atoms with Gasteiger partial charge >= 0.3 is 0 Å². The molecule has 1 amide bonds. The van der Waals surface area contributed by atoms with Gasteiger partial charge in [0.05, 0.1) is 12.6 Å². The van der Waals surface area contributed by atoms with Crippen LogP contribution in [0.15, 0.2) is 29.3 Å². The molecule has 2 N–H and O–H groups in total. The average molecular weight is 393 g/mol. The van der Waals surface area contributed by atoms with E-state index in [0.717, 1.165) is 43.9 Å². The SMILES string of the molecule is CCNC(=NCC1CCCC1O)N1CCN(Cc2ccc(Cl)cc2)C(=O)C1. The first-order chi connectivity index (χ1) is 13.1. The zero-order valence-corrected chi connectivity index (χ0v) is 16.7. The van der Waals surface area contributed by atoms with E-state index in [2.05, 4.69) is 5.32 Å². The molecule has 27 heavy (non-hydrogen) atoms. The zero-order chi connectivity index (χ0) is 19.2. The predicted molar refractivity (Wildman–Crippen MR) is 108 cm³/mol. The van der Waals surface area contributed by atoms with Crippen molar-refractivity contribution in [3.8, 4) is 0 Å². The number of nitrogens with zero attached hydrogens (tertiary/aromatic N) is 3. The summed E-state index contributed by atoms with van der Waals surface area (Å²) in [6, 6.07) is 7.62. The quantitative estimate of drug-likeness (QED) is 0.595. The molecule has 2 unspecified atom stereocenters. The lowest BCUT2D eigenvalue weighted by atomic mass is 10.1. The Hall–Kier alpha value is -1.79. The molecular formula is C20H29ClN4O2. The number of halogens is 1. The number of benzene rings is 1. The first kappa shape index (κ1) is 20.0. The van der Waals surface area contributed by atoms with Crippen molar-refractivity contribution in [1.29, 1.82) is 0 Å². The number of hydrogen-bond acceptors (Lipinski definition) is 3. The fraction of sp³-hybridized carbons (Fsp3) is 0.600. The molecule has 2 aliphatic rings. The van der Waals surface area contributed by atoms with E-state index in [4.69, 9.17) is 16.6 Å². The van der Waals surface area contributed by atoms with Gasteiger partial charge in [-0.15, -0.1) is 0 Å². The number of carbonyl (C=O) groups excluding carboxylic acids is 1. The van der Waals surface area contributed by atoms with E-state index in [0.29, 0.717) is 31.2 Å². The molecule has 0 radical (unpaired) electrons. The van der Waals surface area contributed by atoms with E-state index in [1.54, 1.807) is 0 Å². The third kappa shape index (κ3) is 5.36. The molecule has 6 nitrogen and oxygen atoms in total. The van der Waals surface area contributed by atoms with Crippen LogP contribution in [0, 0.1) is 5.92 Å². The van der Waals surface area contributed by atoms with E-state index in [-0.39, 0.29) is 17.9 Å². The van der Waals surface area contributed by atoms with Crippen molar-refractivity contribution in [2.45, 2.75) is 38.8 Å². The van der Waals surface area contributed by atoms with Crippen LogP contribution in [-0.2, 0) is 11.3 Å². The molecule has 0 spiro atoms. The molecule has 1 aromatic carbocycles. The molecule has 1 aromatic rings. The Morgan fingerprint density at radius 2 is 2.07 bits per heavy atom. The second kappa shape index (κ2) is 9.42. The number of guanidine groups is 1. The maximum absolute atomic E-state index is 12.6. The van der Waals surface area contributed by atoms with Gasteiger partial charge in [0.15, 0.2) is 5.96 Å². The van der Waals surface area contributed by atoms with Gasteiger partial charge in [0, 0.05) is 43.7 Å². The Kier molecular flexibility index (Phi) is 6.96. The third-order valence-electron chi connectivity index (χ3n) is 5.33. The highest BCUT2D eigenvalue weighted by Crippen LogP contribution is 2.25. The summed E-state index contributed by atoms with van der Waals surface area (Å²) in [6.45, 7) is 5.74. The van der Waals surface area contributed by atoms with Crippen LogP contribution in [-0.4, -0.2) is 65.6 Å². The summed E-state index contributed by atoms with van der Waals surface area (Å²) in [4.78, 5) is 21.2. The second-order valence-electron chi connectivity index (χ2n) is 7.32. The summed E-state index contributed by atoms with van der Waals surface area (Å²) in [6.07, 6.45) is 2.73. The van der Waals surface area contributed by atoms with E-state index in [9.17, 15) is 9.90 Å². The van der Waals surface area contributed by atoms with Crippen LogP contribution in [0.25, 0.3) is 0 Å². The Morgan fingerprint density at radius 3 is 2.70 bits per heavy atom. The van der Waals surface area contributed by atoms with Gasteiger partial charge < -0.3 is 20.2 Å². The van der Waals surface area contributed by atoms with Crippen molar-refractivity contribution in [2.24, 2.45) is 10.9 Å². The summed E-state index contributed by atoms with van der Waals surface area (Å²) in [5.41, 5.74) is 1.08. The molecular weight excluding hydrogens is 364 g/mol. The summed E-state index contributed by atoms with van der Waals surface area (Å²) in [5, 5.41) is 14.0. The monoisotopic (exact) mass is 392 g/mol. The fourth-order valence-corrected chi connectivity index (χ4v) is 3.85. The highest BCUT2D eigenvalue weighted by atomic mass is 35.5. The van der Waals surface area contributed by atoms with Crippen LogP contribution in [0.2, 0.25) is 5.02 Å². The Morgan fingerprint density at radius 1 is 1.30 bits per heavy atom. The highest BCUT2D eigenvalue weighted by Gasteiger charge is 2.28. The predicted octanol–water partition coefficient (Wildman–Crippen LogP) is 2.11. The maximum atomic E-state index is 12.6. The minimum atomic E-state index is -0.241. The molecule has 148 valence electrons. The first-order valence-electron chi connectivity index (χ1n) is 9.80. The Labute approximate surface area is 166 Å². The smallest absolute Gasteiger partial charge is 0.242 e. The van der Waals surface area contributed by atoms with Crippen molar-refractivity contribution >= 4 is 23.5 Å². The van der Waals surface area contributed by atoms with E-state index >= 15 is 0 Å². The van der Waals surface area contributed by atoms with Crippen LogP contribution in [0.5, 0.6) is 0 Å². The van der Waals surface area contributed by atoms with Crippen molar-refractivity contribution < 1.29 is 9.90 Å². The molecule has 1 saturated carbocycles. The molecule has 0 aromatic heterocycles. The number of carbonyl (C=O) groups is 1. The highest BCUT2D eigenvalue weighted by molar-refractivity contribution is 6.30. The number of aliphatic imine (C=N–C) groups is 1. The van der Waals surface area contributed by atoms with Crippen molar-refractivity contribution in [3.05, 3.63) is 34.9 Å². The normalized spacial score (nSPS) is 23.8. The van der Waals surface area contributed by atoms with Gasteiger partial charge in [-0.3, -0.25) is 9.79 Å². The van der Waals surface area contributed by atoms with Crippen molar-refractivity contribution in [2.75, 3.05) is 32.7 Å². The van der Waals surface area contributed by atoms with Crippen LogP contribution in [0.1, 0.15) is 31.7 Å². The van der Waals surface area contributed by atoms with Crippen molar-refractivity contribution in [3.63, 3.8) is 0 Å². The molecule has 0 bridgehead atoms. The van der Waals surface area contributed by atoms with Gasteiger partial charge in [-0.2, -0.15) is 0 Å². The number of amides is 1. The number of piperazine rings is 1. The molecule has 2 atom stereocenters. The third-order valence-corrected chi connectivity index (χ3v) is 5.59. The van der Waals surface area contributed by atoms with Gasteiger partial charge in [0.2, 0.25) is 5.91 Å². The average Bonchev–Trinajstić information content (AvgIpc) is 3.07. The number of aliphatic hydroxyl groups excluding tert-OH is 1. The summed E-state index contributed by atoms with van der Waals surface area (Å²) < 4.78 is 0. The van der Waals surface area contributed by atoms with Crippen LogP contribution < -0.4 is 5.32 Å². The lowest BCUT2D eigenvalue weighted by Crippen LogP contribution is -2.55. The minimum Gasteiger partial charge on any atom is -0.393 e. The van der Waals surface area contributed by atoms with Crippen LogP contribution in [0.4, 0.5) is 0 Å². The van der Waals surface area contributed by atoms with Crippen molar-refractivity contribution in [1.82, 2.24) is 15.1 Å². The zero-order valence-electron chi connectivity index (χ0n) is 15.9. The molecule has 7 heteroatoms. The van der Waals surface area contributed by atoms with Gasteiger partial charge in [0.1, 0.15) is 0 Å². The number of hydrogen-bond donors (Lipinski definition) is 2. The number of aliphatic hydroxyl groups is 1.